The van der Waals surface area contributed by atoms with E-state index in [1.807, 2.05) is 11.4 Å². The van der Waals surface area contributed by atoms with Gasteiger partial charge in [-0.05, 0) is 35.7 Å². The van der Waals surface area contributed by atoms with Crippen molar-refractivity contribution in [3.05, 3.63) is 47.1 Å². The number of fused-ring (bicyclic) bond motifs is 3. The van der Waals surface area contributed by atoms with E-state index >= 15 is 0 Å². The Morgan fingerprint density at radius 3 is 2.85 bits per heavy atom. The largest absolute Gasteiger partial charge is 0.425 e. The van der Waals surface area contributed by atoms with E-state index in [-0.39, 0.29) is 0 Å². The van der Waals surface area contributed by atoms with Gasteiger partial charge in [0.05, 0.1) is 10.2 Å². The summed E-state index contributed by atoms with van der Waals surface area (Å²) in [5.41, 5.74) is 1.59. The number of ether oxygens (including phenoxy) is 1. The molecular weight excluding hydrogens is 296 g/mol. The van der Waals surface area contributed by atoms with Gasteiger partial charge in [-0.25, -0.2) is 4.40 Å². The van der Waals surface area contributed by atoms with E-state index in [0.29, 0.717) is 16.8 Å². The number of nitrogens with zero attached hydrogens (tertiary/aromatic N) is 4. The van der Waals surface area contributed by atoms with E-state index in [2.05, 4.69) is 15.2 Å². The van der Waals surface area contributed by atoms with Crippen LogP contribution in [0.15, 0.2) is 42.0 Å². The average Bonchev–Trinajstić information content (AvgIpc) is 3.08. The molecule has 0 spiro atoms. The van der Waals surface area contributed by atoms with Gasteiger partial charge in [-0.3, -0.25) is 0 Å². The van der Waals surface area contributed by atoms with Crippen LogP contribution in [0.1, 0.15) is 0 Å². The second kappa shape index (κ2) is 4.43. The van der Waals surface area contributed by atoms with Crippen molar-refractivity contribution >= 4 is 38.8 Å². The van der Waals surface area contributed by atoms with Crippen molar-refractivity contribution in [2.45, 2.75) is 0 Å². The summed E-state index contributed by atoms with van der Waals surface area (Å²) >= 11 is 7.44. The Bertz CT molecular complexity index is 900. The number of hydrogen-bond acceptors (Lipinski definition) is 5. The van der Waals surface area contributed by atoms with Crippen LogP contribution in [-0.2, 0) is 0 Å². The van der Waals surface area contributed by atoms with Gasteiger partial charge in [0.25, 0.3) is 0 Å². The molecule has 3 aromatic heterocycles. The Labute approximate surface area is 122 Å². The maximum Gasteiger partial charge on any atom is 0.309 e. The molecule has 0 N–H and O–H groups in total. The fraction of sp³-hybridized carbons (Fsp3) is 0. The molecule has 0 unspecified atom stereocenters. The fourth-order valence-corrected chi connectivity index (χ4v) is 2.86. The van der Waals surface area contributed by atoms with Gasteiger partial charge in [-0.2, -0.15) is 4.98 Å². The topological polar surface area (TPSA) is 52.3 Å². The minimum Gasteiger partial charge on any atom is -0.425 e. The molecule has 0 saturated carbocycles. The highest BCUT2D eigenvalue weighted by molar-refractivity contribution is 7.17. The zero-order valence-corrected chi connectivity index (χ0v) is 11.6. The van der Waals surface area contributed by atoms with Crippen molar-refractivity contribution in [2.24, 2.45) is 0 Å². The van der Waals surface area contributed by atoms with Gasteiger partial charge < -0.3 is 4.74 Å². The van der Waals surface area contributed by atoms with Gasteiger partial charge in [0.2, 0.25) is 0 Å². The van der Waals surface area contributed by atoms with Crippen LogP contribution in [0.5, 0.6) is 11.8 Å². The number of benzene rings is 1. The second-order valence-corrected chi connectivity index (χ2v) is 5.46. The lowest BCUT2D eigenvalue weighted by Crippen LogP contribution is -1.96. The van der Waals surface area contributed by atoms with E-state index < -0.39 is 0 Å². The maximum absolute atomic E-state index is 5.86. The van der Waals surface area contributed by atoms with Crippen molar-refractivity contribution < 1.29 is 4.74 Å². The fourth-order valence-electron chi connectivity index (χ4n) is 1.92. The molecule has 7 heteroatoms. The molecule has 0 atom stereocenters. The molecule has 0 radical (unpaired) electrons. The summed E-state index contributed by atoms with van der Waals surface area (Å²) in [5.74, 6) is 0.659. The first-order valence-corrected chi connectivity index (χ1v) is 7.07. The number of hydrogen-bond donors (Lipinski definition) is 0. The summed E-state index contributed by atoms with van der Waals surface area (Å²) in [6.45, 7) is 0. The van der Waals surface area contributed by atoms with Crippen molar-refractivity contribution in [3.8, 4) is 11.8 Å². The molecule has 3 heterocycles. The van der Waals surface area contributed by atoms with Crippen LogP contribution in [0.4, 0.5) is 0 Å². The normalized spacial score (nSPS) is 11.2. The third-order valence-electron chi connectivity index (χ3n) is 2.84. The van der Waals surface area contributed by atoms with E-state index in [1.165, 1.54) is 0 Å². The van der Waals surface area contributed by atoms with Crippen LogP contribution in [0, 0.1) is 0 Å². The molecule has 98 valence electrons. The number of halogens is 1. The highest BCUT2D eigenvalue weighted by Gasteiger charge is 2.12. The molecule has 20 heavy (non-hydrogen) atoms. The molecule has 0 saturated heterocycles. The lowest BCUT2D eigenvalue weighted by atomic mass is 10.3. The average molecular weight is 303 g/mol. The monoisotopic (exact) mass is 302 g/mol. The summed E-state index contributed by atoms with van der Waals surface area (Å²) in [6, 6.07) is 9.48. The van der Waals surface area contributed by atoms with Gasteiger partial charge in [0, 0.05) is 5.02 Å². The van der Waals surface area contributed by atoms with Gasteiger partial charge in [-0.1, -0.05) is 11.6 Å². The van der Waals surface area contributed by atoms with E-state index in [9.17, 15) is 0 Å². The highest BCUT2D eigenvalue weighted by atomic mass is 35.5. The quantitative estimate of drug-likeness (QED) is 0.565. The van der Waals surface area contributed by atoms with Gasteiger partial charge >= 0.3 is 6.01 Å². The molecule has 0 amide bonds. The molecule has 1 aromatic carbocycles. The summed E-state index contributed by atoms with van der Waals surface area (Å²) < 4.78 is 8.52. The van der Waals surface area contributed by atoms with Crippen molar-refractivity contribution in [1.29, 1.82) is 0 Å². The third-order valence-corrected chi connectivity index (χ3v) is 3.99. The zero-order chi connectivity index (χ0) is 13.5. The maximum atomic E-state index is 5.86. The van der Waals surface area contributed by atoms with Gasteiger partial charge in [0.15, 0.2) is 5.65 Å². The van der Waals surface area contributed by atoms with Crippen LogP contribution >= 0.6 is 22.9 Å². The predicted octanol–water partition coefficient (Wildman–Crippen LogP) is 3.78. The molecular formula is C13H7ClN4OS. The van der Waals surface area contributed by atoms with E-state index in [0.717, 1.165) is 15.9 Å². The number of rotatable bonds is 2. The SMILES string of the molecule is Clc1ccc(Oc2nc3ccsc3c3nncn23)cc1. The number of aromatic nitrogens is 4. The Morgan fingerprint density at radius 1 is 1.15 bits per heavy atom. The molecule has 4 aromatic rings. The van der Waals surface area contributed by atoms with Crippen LogP contribution in [-0.4, -0.2) is 19.6 Å². The van der Waals surface area contributed by atoms with Crippen molar-refractivity contribution in [1.82, 2.24) is 19.6 Å². The Kier molecular flexibility index (Phi) is 2.58. The van der Waals surface area contributed by atoms with Crippen molar-refractivity contribution in [3.63, 3.8) is 0 Å². The predicted molar refractivity (Wildman–Crippen MR) is 77.7 cm³/mol. The molecule has 4 rings (SSSR count). The standard InChI is InChI=1S/C13H7ClN4OS/c14-8-1-3-9(4-2-8)19-13-16-10-5-6-20-11(10)12-17-15-7-18(12)13/h1-7H. The molecule has 5 nitrogen and oxygen atoms in total. The zero-order valence-electron chi connectivity index (χ0n) is 10.0. The molecule has 0 aliphatic heterocycles. The minimum atomic E-state index is 0.429. The first-order chi connectivity index (χ1) is 9.81. The summed E-state index contributed by atoms with van der Waals surface area (Å²) in [4.78, 5) is 4.49. The first-order valence-electron chi connectivity index (χ1n) is 5.81. The molecule has 0 aliphatic rings. The number of thiophene rings is 1. The van der Waals surface area contributed by atoms with Crippen LogP contribution < -0.4 is 4.74 Å². The lowest BCUT2D eigenvalue weighted by molar-refractivity contribution is 0.437. The minimum absolute atomic E-state index is 0.429. The smallest absolute Gasteiger partial charge is 0.309 e. The third kappa shape index (κ3) is 1.81. The molecule has 0 aliphatic carbocycles. The van der Waals surface area contributed by atoms with Gasteiger partial charge in [-0.15, -0.1) is 21.5 Å². The van der Waals surface area contributed by atoms with Crippen molar-refractivity contribution in [2.75, 3.05) is 0 Å². The summed E-state index contributed by atoms with van der Waals surface area (Å²) in [6.07, 6.45) is 1.59. The van der Waals surface area contributed by atoms with E-state index in [1.54, 1.807) is 46.3 Å². The van der Waals surface area contributed by atoms with Crippen LogP contribution in [0.2, 0.25) is 5.02 Å². The Balaban J connectivity index is 1.88. The summed E-state index contributed by atoms with van der Waals surface area (Å²) in [5, 5.41) is 10.7. The Hall–Kier alpha value is -2.18. The Morgan fingerprint density at radius 2 is 2.00 bits per heavy atom. The lowest BCUT2D eigenvalue weighted by Gasteiger charge is -2.06. The second-order valence-electron chi connectivity index (χ2n) is 4.11. The summed E-state index contributed by atoms with van der Waals surface area (Å²) in [7, 11) is 0. The van der Waals surface area contributed by atoms with Gasteiger partial charge in [0.1, 0.15) is 12.1 Å². The molecule has 0 fully saturated rings. The van der Waals surface area contributed by atoms with Crippen LogP contribution in [0.25, 0.3) is 15.9 Å². The highest BCUT2D eigenvalue weighted by Crippen LogP contribution is 2.28. The van der Waals surface area contributed by atoms with E-state index in [4.69, 9.17) is 16.3 Å². The molecule has 0 bridgehead atoms. The first kappa shape index (κ1) is 11.6. The van der Waals surface area contributed by atoms with Crippen LogP contribution in [0.3, 0.4) is 0 Å².